The molecule has 2 aromatic rings. The molecule has 1 aromatic heterocycles. The van der Waals surface area contributed by atoms with E-state index < -0.39 is 9.84 Å². The van der Waals surface area contributed by atoms with Crippen LogP contribution in [0.1, 0.15) is 37.8 Å². The van der Waals surface area contributed by atoms with Gasteiger partial charge in [-0.05, 0) is 42.5 Å². The van der Waals surface area contributed by atoms with Crippen LogP contribution in [0.15, 0.2) is 35.2 Å². The molecule has 24 heavy (non-hydrogen) atoms. The lowest BCUT2D eigenvalue weighted by Crippen LogP contribution is -2.16. The van der Waals surface area contributed by atoms with E-state index >= 15 is 0 Å². The molecule has 0 spiro atoms. The van der Waals surface area contributed by atoms with Crippen molar-refractivity contribution in [1.29, 1.82) is 0 Å². The van der Waals surface area contributed by atoms with Crippen LogP contribution in [0, 0.1) is 5.92 Å². The molecule has 1 N–H and O–H groups in total. The van der Waals surface area contributed by atoms with Crippen molar-refractivity contribution in [2.45, 2.75) is 50.2 Å². The van der Waals surface area contributed by atoms with Gasteiger partial charge in [0.15, 0.2) is 9.84 Å². The fraction of sp³-hybridized carbons (Fsp3) is 0.500. The van der Waals surface area contributed by atoms with E-state index in [1.54, 1.807) is 12.1 Å². The van der Waals surface area contributed by atoms with E-state index in [4.69, 9.17) is 0 Å². The van der Waals surface area contributed by atoms with Crippen LogP contribution in [0.5, 0.6) is 0 Å². The Hall–Kier alpha value is -1.66. The standard InChI is InChI=1S/C18H24N2O3S/c1-24(22,23)17-9-7-15(8-10-17)18-11-16(13-21)19-20(18)12-14-5-3-2-4-6-14/h7-11,14,21H,2-6,12-13H2,1H3. The Morgan fingerprint density at radius 2 is 1.83 bits per heavy atom. The number of rotatable bonds is 5. The van der Waals surface area contributed by atoms with Gasteiger partial charge in [-0.25, -0.2) is 8.42 Å². The Morgan fingerprint density at radius 1 is 1.17 bits per heavy atom. The number of nitrogens with zero attached hydrogens (tertiary/aromatic N) is 2. The van der Waals surface area contributed by atoms with Gasteiger partial charge >= 0.3 is 0 Å². The van der Waals surface area contributed by atoms with Gasteiger partial charge in [0.1, 0.15) is 0 Å². The van der Waals surface area contributed by atoms with Crippen LogP contribution in [-0.2, 0) is 23.0 Å². The SMILES string of the molecule is CS(=O)(=O)c1ccc(-c2cc(CO)nn2CC2CCCCC2)cc1. The molecule has 0 atom stereocenters. The third-order valence-corrected chi connectivity index (χ3v) is 5.86. The van der Waals surface area contributed by atoms with Gasteiger partial charge in [-0.15, -0.1) is 0 Å². The van der Waals surface area contributed by atoms with E-state index in [1.165, 1.54) is 38.4 Å². The maximum atomic E-state index is 11.6. The summed E-state index contributed by atoms with van der Waals surface area (Å²) in [5.74, 6) is 0.624. The Kier molecular flexibility index (Phi) is 5.06. The zero-order valence-corrected chi connectivity index (χ0v) is 14.8. The molecule has 130 valence electrons. The van der Waals surface area contributed by atoms with Crippen LogP contribution < -0.4 is 0 Å². The number of aliphatic hydroxyl groups is 1. The second kappa shape index (κ2) is 7.07. The first-order valence-corrected chi connectivity index (χ1v) is 10.3. The second-order valence-corrected chi connectivity index (χ2v) is 8.68. The maximum absolute atomic E-state index is 11.6. The Bertz CT molecular complexity index is 788. The van der Waals surface area contributed by atoms with Crippen molar-refractivity contribution in [1.82, 2.24) is 9.78 Å². The van der Waals surface area contributed by atoms with E-state index in [0.717, 1.165) is 17.8 Å². The van der Waals surface area contributed by atoms with Gasteiger partial charge in [0.25, 0.3) is 0 Å². The summed E-state index contributed by atoms with van der Waals surface area (Å²) in [6.45, 7) is 0.759. The van der Waals surface area contributed by atoms with Crippen molar-refractivity contribution in [3.8, 4) is 11.3 Å². The largest absolute Gasteiger partial charge is 0.390 e. The summed E-state index contributed by atoms with van der Waals surface area (Å²) >= 11 is 0. The average molecular weight is 348 g/mol. The van der Waals surface area contributed by atoms with Gasteiger partial charge in [0, 0.05) is 12.8 Å². The quantitative estimate of drug-likeness (QED) is 0.901. The van der Waals surface area contributed by atoms with E-state index in [2.05, 4.69) is 5.10 Å². The van der Waals surface area contributed by atoms with Crippen LogP contribution in [-0.4, -0.2) is 29.6 Å². The predicted octanol–water partition coefficient (Wildman–Crippen LogP) is 3.03. The molecule has 1 saturated carbocycles. The van der Waals surface area contributed by atoms with Crippen LogP contribution >= 0.6 is 0 Å². The maximum Gasteiger partial charge on any atom is 0.175 e. The first-order valence-electron chi connectivity index (χ1n) is 8.45. The summed E-state index contributed by atoms with van der Waals surface area (Å²) in [6, 6.07) is 8.76. The highest BCUT2D eigenvalue weighted by atomic mass is 32.2. The lowest BCUT2D eigenvalue weighted by molar-refractivity contribution is 0.271. The molecule has 1 aromatic carbocycles. The van der Waals surface area contributed by atoms with E-state index in [9.17, 15) is 13.5 Å². The number of hydrogen-bond donors (Lipinski definition) is 1. The first-order chi connectivity index (χ1) is 11.5. The molecule has 0 aliphatic heterocycles. The smallest absolute Gasteiger partial charge is 0.175 e. The minimum atomic E-state index is -3.20. The molecule has 0 unspecified atom stereocenters. The van der Waals surface area contributed by atoms with Crippen molar-refractivity contribution < 1.29 is 13.5 Å². The molecular weight excluding hydrogens is 324 g/mol. The Labute approximate surface area is 143 Å². The van der Waals surface area contributed by atoms with Gasteiger partial charge < -0.3 is 5.11 Å². The fourth-order valence-corrected chi connectivity index (χ4v) is 4.04. The molecule has 6 heteroatoms. The number of hydrogen-bond acceptors (Lipinski definition) is 4. The average Bonchev–Trinajstić information content (AvgIpc) is 2.98. The lowest BCUT2D eigenvalue weighted by Gasteiger charge is -2.22. The summed E-state index contributed by atoms with van der Waals surface area (Å²) in [7, 11) is -3.20. The molecule has 3 rings (SSSR count). The third kappa shape index (κ3) is 3.87. The van der Waals surface area contributed by atoms with Gasteiger partial charge in [0.2, 0.25) is 0 Å². The van der Waals surface area contributed by atoms with Gasteiger partial charge in [-0.2, -0.15) is 5.10 Å². The van der Waals surface area contributed by atoms with Crippen LogP contribution in [0.3, 0.4) is 0 Å². The molecule has 1 aliphatic rings. The molecule has 0 amide bonds. The molecule has 1 heterocycles. The second-order valence-electron chi connectivity index (χ2n) is 6.66. The molecule has 0 bridgehead atoms. The molecule has 1 aliphatic carbocycles. The first kappa shape index (κ1) is 17.2. The highest BCUT2D eigenvalue weighted by Crippen LogP contribution is 2.28. The number of sulfone groups is 1. The van der Waals surface area contributed by atoms with Crippen LogP contribution in [0.25, 0.3) is 11.3 Å². The monoisotopic (exact) mass is 348 g/mol. The van der Waals surface area contributed by atoms with Crippen molar-refractivity contribution in [3.63, 3.8) is 0 Å². The topological polar surface area (TPSA) is 72.2 Å². The zero-order valence-electron chi connectivity index (χ0n) is 14.0. The highest BCUT2D eigenvalue weighted by Gasteiger charge is 2.18. The molecular formula is C18H24N2O3S. The number of aliphatic hydroxyl groups excluding tert-OH is 1. The summed E-state index contributed by atoms with van der Waals surface area (Å²) in [5.41, 5.74) is 2.50. The fourth-order valence-electron chi connectivity index (χ4n) is 3.41. The van der Waals surface area contributed by atoms with Crippen molar-refractivity contribution in [2.24, 2.45) is 5.92 Å². The van der Waals surface area contributed by atoms with E-state index in [0.29, 0.717) is 16.5 Å². The zero-order chi connectivity index (χ0) is 17.2. The van der Waals surface area contributed by atoms with E-state index in [-0.39, 0.29) is 6.61 Å². The normalized spacial score (nSPS) is 16.4. The number of aromatic nitrogens is 2. The van der Waals surface area contributed by atoms with Gasteiger partial charge in [-0.1, -0.05) is 31.4 Å². The molecule has 1 fully saturated rings. The molecule has 0 radical (unpaired) electrons. The van der Waals surface area contributed by atoms with Crippen molar-refractivity contribution in [2.75, 3.05) is 6.26 Å². The van der Waals surface area contributed by atoms with E-state index in [1.807, 2.05) is 22.9 Å². The Morgan fingerprint density at radius 3 is 2.42 bits per heavy atom. The van der Waals surface area contributed by atoms with Crippen molar-refractivity contribution >= 4 is 9.84 Å². The molecule has 5 nitrogen and oxygen atoms in total. The summed E-state index contributed by atoms with van der Waals surface area (Å²) in [4.78, 5) is 0.312. The summed E-state index contributed by atoms with van der Waals surface area (Å²) in [5, 5.41) is 13.9. The highest BCUT2D eigenvalue weighted by molar-refractivity contribution is 7.90. The summed E-state index contributed by atoms with van der Waals surface area (Å²) < 4.78 is 25.2. The minimum Gasteiger partial charge on any atom is -0.390 e. The lowest BCUT2D eigenvalue weighted by atomic mass is 9.89. The summed E-state index contributed by atoms with van der Waals surface area (Å²) in [6.07, 6.45) is 7.52. The number of benzene rings is 1. The van der Waals surface area contributed by atoms with Crippen LogP contribution in [0.4, 0.5) is 0 Å². The Balaban J connectivity index is 1.90. The van der Waals surface area contributed by atoms with Crippen LogP contribution in [0.2, 0.25) is 0 Å². The van der Waals surface area contributed by atoms with Gasteiger partial charge in [0.05, 0.1) is 22.9 Å². The van der Waals surface area contributed by atoms with Gasteiger partial charge in [-0.3, -0.25) is 4.68 Å². The third-order valence-electron chi connectivity index (χ3n) is 4.73. The minimum absolute atomic E-state index is 0.0912. The molecule has 0 saturated heterocycles. The predicted molar refractivity (Wildman–Crippen MR) is 93.3 cm³/mol. The van der Waals surface area contributed by atoms with Crippen molar-refractivity contribution in [3.05, 3.63) is 36.0 Å².